The van der Waals surface area contributed by atoms with Crippen molar-refractivity contribution < 1.29 is 8.42 Å². The van der Waals surface area contributed by atoms with Crippen molar-refractivity contribution in [2.45, 2.75) is 43.7 Å². The molecule has 4 rings (SSSR count). The zero-order valence-corrected chi connectivity index (χ0v) is 11.8. The molecule has 2 N–H and O–H groups in total. The van der Waals surface area contributed by atoms with Gasteiger partial charge in [0.15, 0.2) is 5.03 Å². The summed E-state index contributed by atoms with van der Waals surface area (Å²) in [5.74, 6) is 3.49. The molecule has 6 heteroatoms. The minimum atomic E-state index is -3.42. The maximum Gasteiger partial charge on any atom is 0.257 e. The normalized spacial score (nSPS) is 39.5. The molecule has 0 aromatic carbocycles. The number of aromatic nitrogens is 2. The number of nitrogens with one attached hydrogen (secondary N) is 2. The quantitative estimate of drug-likeness (QED) is 0.873. The number of H-pyrrole nitrogens is 1. The number of imidazole rings is 1. The van der Waals surface area contributed by atoms with E-state index in [-0.39, 0.29) is 11.1 Å². The van der Waals surface area contributed by atoms with Crippen molar-refractivity contribution in [2.75, 3.05) is 0 Å². The monoisotopic (exact) mass is 281 g/mol. The molecule has 0 amide bonds. The second-order valence-electron chi connectivity index (χ2n) is 6.18. The van der Waals surface area contributed by atoms with E-state index in [9.17, 15) is 8.42 Å². The van der Waals surface area contributed by atoms with Crippen LogP contribution in [0.2, 0.25) is 0 Å². The first-order valence-corrected chi connectivity index (χ1v) is 8.64. The summed E-state index contributed by atoms with van der Waals surface area (Å²) in [6.07, 6.45) is 6.07. The molecule has 0 aliphatic heterocycles. The van der Waals surface area contributed by atoms with Gasteiger partial charge in [-0.3, -0.25) is 0 Å². The van der Waals surface area contributed by atoms with Crippen LogP contribution in [0.5, 0.6) is 0 Å². The van der Waals surface area contributed by atoms with Gasteiger partial charge in [0.1, 0.15) is 5.82 Å². The highest BCUT2D eigenvalue weighted by Crippen LogP contribution is 2.65. The van der Waals surface area contributed by atoms with Crippen LogP contribution in [0.1, 0.15) is 32.0 Å². The molecule has 5 nitrogen and oxygen atoms in total. The first kappa shape index (κ1) is 11.9. The van der Waals surface area contributed by atoms with E-state index < -0.39 is 10.0 Å². The Balaban J connectivity index is 1.51. The molecule has 1 aromatic rings. The highest BCUT2D eigenvalue weighted by atomic mass is 32.2. The van der Waals surface area contributed by atoms with Gasteiger partial charge in [0.05, 0.1) is 6.20 Å². The fraction of sp³-hybridized carbons (Fsp3) is 0.769. The predicted octanol–water partition coefficient (Wildman–Crippen LogP) is 1.29. The molecule has 0 saturated heterocycles. The van der Waals surface area contributed by atoms with E-state index in [4.69, 9.17) is 0 Å². The van der Waals surface area contributed by atoms with Crippen LogP contribution in [-0.2, 0) is 16.4 Å². The van der Waals surface area contributed by atoms with E-state index in [2.05, 4.69) is 14.7 Å². The van der Waals surface area contributed by atoms with E-state index >= 15 is 0 Å². The first-order chi connectivity index (χ1) is 9.10. The van der Waals surface area contributed by atoms with Crippen molar-refractivity contribution in [3.8, 4) is 0 Å². The van der Waals surface area contributed by atoms with Crippen molar-refractivity contribution in [2.24, 2.45) is 23.7 Å². The minimum absolute atomic E-state index is 0.185. The van der Waals surface area contributed by atoms with Crippen LogP contribution in [0.15, 0.2) is 11.2 Å². The summed E-state index contributed by atoms with van der Waals surface area (Å²) in [6.45, 7) is 1.95. The smallest absolute Gasteiger partial charge is 0.257 e. The second kappa shape index (κ2) is 3.82. The average Bonchev–Trinajstić information content (AvgIpc) is 2.88. The maximum atomic E-state index is 12.3. The summed E-state index contributed by atoms with van der Waals surface area (Å²) in [5.41, 5.74) is 0. The number of hydrogen-bond donors (Lipinski definition) is 2. The highest BCUT2D eigenvalue weighted by molar-refractivity contribution is 7.89. The van der Waals surface area contributed by atoms with E-state index in [1.54, 1.807) is 0 Å². The second-order valence-corrected chi connectivity index (χ2v) is 7.87. The molecule has 3 aliphatic rings. The van der Waals surface area contributed by atoms with E-state index in [1.165, 1.54) is 25.5 Å². The van der Waals surface area contributed by atoms with Crippen molar-refractivity contribution >= 4 is 10.0 Å². The molecule has 4 atom stereocenters. The van der Waals surface area contributed by atoms with Gasteiger partial charge in [-0.25, -0.2) is 18.1 Å². The predicted molar refractivity (Wildman–Crippen MR) is 69.9 cm³/mol. The number of sulfonamides is 1. The summed E-state index contributed by atoms with van der Waals surface area (Å²) in [7, 11) is -3.42. The molecule has 3 aliphatic carbocycles. The number of aryl methyl sites for hydroxylation is 1. The molecule has 4 unspecified atom stereocenters. The molecular formula is C13H19N3O2S. The third kappa shape index (κ3) is 1.69. The van der Waals surface area contributed by atoms with Gasteiger partial charge >= 0.3 is 0 Å². The van der Waals surface area contributed by atoms with E-state index in [1.807, 2.05) is 6.92 Å². The summed E-state index contributed by atoms with van der Waals surface area (Å²) in [4.78, 5) is 6.95. The molecular weight excluding hydrogens is 262 g/mol. The number of rotatable bonds is 4. The van der Waals surface area contributed by atoms with Gasteiger partial charge in [0, 0.05) is 12.5 Å². The lowest BCUT2D eigenvalue weighted by molar-refractivity contribution is 0.456. The van der Waals surface area contributed by atoms with Crippen molar-refractivity contribution in [1.29, 1.82) is 0 Å². The molecule has 0 radical (unpaired) electrons. The minimum Gasteiger partial charge on any atom is -0.332 e. The van der Waals surface area contributed by atoms with Crippen LogP contribution in [-0.4, -0.2) is 24.4 Å². The Morgan fingerprint density at radius 2 is 2.05 bits per heavy atom. The number of nitrogens with zero attached hydrogens (tertiary/aromatic N) is 1. The van der Waals surface area contributed by atoms with Crippen LogP contribution in [0.25, 0.3) is 0 Å². The lowest BCUT2D eigenvalue weighted by Gasteiger charge is -2.10. The Hall–Kier alpha value is -0.880. The van der Waals surface area contributed by atoms with Gasteiger partial charge in [-0.05, 0) is 42.9 Å². The van der Waals surface area contributed by atoms with Crippen molar-refractivity contribution in [3.63, 3.8) is 0 Å². The third-order valence-corrected chi connectivity index (χ3v) is 6.63. The SMILES string of the molecule is CCc1ncc(S(=O)(=O)NC2C3C4CCC(C4)C23)[nH]1. The van der Waals surface area contributed by atoms with Crippen LogP contribution < -0.4 is 4.72 Å². The van der Waals surface area contributed by atoms with Gasteiger partial charge in [0.2, 0.25) is 0 Å². The lowest BCUT2D eigenvalue weighted by Crippen LogP contribution is -2.30. The highest BCUT2D eigenvalue weighted by Gasteiger charge is 2.65. The van der Waals surface area contributed by atoms with Gasteiger partial charge < -0.3 is 4.98 Å². The largest absolute Gasteiger partial charge is 0.332 e. The zero-order valence-electron chi connectivity index (χ0n) is 11.0. The number of aromatic amines is 1. The molecule has 1 aromatic heterocycles. The first-order valence-electron chi connectivity index (χ1n) is 7.16. The topological polar surface area (TPSA) is 74.8 Å². The number of hydrogen-bond acceptors (Lipinski definition) is 3. The third-order valence-electron chi connectivity index (χ3n) is 5.26. The molecule has 3 fully saturated rings. The van der Waals surface area contributed by atoms with Crippen LogP contribution in [0.4, 0.5) is 0 Å². The summed E-state index contributed by atoms with van der Waals surface area (Å²) >= 11 is 0. The summed E-state index contributed by atoms with van der Waals surface area (Å²) in [5, 5.41) is 0.210. The van der Waals surface area contributed by atoms with Gasteiger partial charge in [-0.1, -0.05) is 6.92 Å². The van der Waals surface area contributed by atoms with E-state index in [0.29, 0.717) is 18.3 Å². The molecule has 1 heterocycles. The summed E-state index contributed by atoms with van der Waals surface area (Å²) in [6, 6.07) is 0.185. The molecule has 104 valence electrons. The summed E-state index contributed by atoms with van der Waals surface area (Å²) < 4.78 is 27.5. The molecule has 19 heavy (non-hydrogen) atoms. The standard InChI is InChI=1S/C13H19N3O2S/c1-2-9-14-6-10(15-9)19(17,18)16-13-11-7-3-4-8(5-7)12(11)13/h6-8,11-13,16H,2-5H2,1H3,(H,14,15). The maximum absolute atomic E-state index is 12.3. The molecule has 0 spiro atoms. The van der Waals surface area contributed by atoms with Crippen molar-refractivity contribution in [3.05, 3.63) is 12.0 Å². The average molecular weight is 281 g/mol. The lowest BCUT2D eigenvalue weighted by atomic mass is 10.0. The Labute approximate surface area is 113 Å². The van der Waals surface area contributed by atoms with Crippen LogP contribution in [0.3, 0.4) is 0 Å². The zero-order chi connectivity index (χ0) is 13.2. The number of fused-ring (bicyclic) bond motifs is 5. The van der Waals surface area contributed by atoms with Gasteiger partial charge in [-0.2, -0.15) is 0 Å². The Morgan fingerprint density at radius 1 is 1.37 bits per heavy atom. The van der Waals surface area contributed by atoms with Crippen LogP contribution in [0, 0.1) is 23.7 Å². The van der Waals surface area contributed by atoms with Gasteiger partial charge in [-0.15, -0.1) is 0 Å². The van der Waals surface area contributed by atoms with Gasteiger partial charge in [0.25, 0.3) is 10.0 Å². The Kier molecular flexibility index (Phi) is 2.39. The molecule has 2 bridgehead atoms. The van der Waals surface area contributed by atoms with Crippen molar-refractivity contribution in [1.82, 2.24) is 14.7 Å². The Morgan fingerprint density at radius 3 is 2.63 bits per heavy atom. The Bertz CT molecular complexity index is 593. The fourth-order valence-corrected chi connectivity index (χ4v) is 5.63. The fourth-order valence-electron chi connectivity index (χ4n) is 4.39. The van der Waals surface area contributed by atoms with E-state index in [0.717, 1.165) is 17.7 Å². The molecule has 3 saturated carbocycles. The van der Waals surface area contributed by atoms with Crippen LogP contribution >= 0.6 is 0 Å².